The Labute approximate surface area is 56.3 Å². The van der Waals surface area contributed by atoms with Crippen molar-refractivity contribution in [3.63, 3.8) is 0 Å². The SMILES string of the molecule is CC[C@@H]1CN[C@H](CO)C1. The van der Waals surface area contributed by atoms with Gasteiger partial charge in [-0.05, 0) is 18.9 Å². The Morgan fingerprint density at radius 3 is 2.78 bits per heavy atom. The fourth-order valence-electron chi connectivity index (χ4n) is 1.35. The van der Waals surface area contributed by atoms with Crippen molar-refractivity contribution in [1.82, 2.24) is 5.32 Å². The first kappa shape index (κ1) is 7.03. The highest BCUT2D eigenvalue weighted by Gasteiger charge is 2.20. The molecule has 1 saturated heterocycles. The van der Waals surface area contributed by atoms with E-state index in [4.69, 9.17) is 5.11 Å². The van der Waals surface area contributed by atoms with Crippen LogP contribution in [0, 0.1) is 5.92 Å². The van der Waals surface area contributed by atoms with Crippen molar-refractivity contribution in [2.75, 3.05) is 13.2 Å². The van der Waals surface area contributed by atoms with Gasteiger partial charge in [-0.15, -0.1) is 0 Å². The van der Waals surface area contributed by atoms with Gasteiger partial charge >= 0.3 is 0 Å². The van der Waals surface area contributed by atoms with Crippen LogP contribution < -0.4 is 5.32 Å². The fraction of sp³-hybridized carbons (Fsp3) is 1.00. The molecular formula is C7H15NO. The molecule has 2 nitrogen and oxygen atoms in total. The van der Waals surface area contributed by atoms with Gasteiger partial charge in [0.05, 0.1) is 6.61 Å². The van der Waals surface area contributed by atoms with Crippen LogP contribution in [0.15, 0.2) is 0 Å². The predicted molar refractivity (Wildman–Crippen MR) is 37.3 cm³/mol. The van der Waals surface area contributed by atoms with Crippen molar-refractivity contribution in [3.05, 3.63) is 0 Å². The Kier molecular flexibility index (Phi) is 2.49. The van der Waals surface area contributed by atoms with Crippen LogP contribution in [0.4, 0.5) is 0 Å². The van der Waals surface area contributed by atoms with Crippen molar-refractivity contribution < 1.29 is 5.11 Å². The zero-order valence-electron chi connectivity index (χ0n) is 5.93. The van der Waals surface area contributed by atoms with Gasteiger partial charge in [-0.3, -0.25) is 0 Å². The zero-order valence-corrected chi connectivity index (χ0v) is 5.93. The smallest absolute Gasteiger partial charge is 0.0584 e. The maximum Gasteiger partial charge on any atom is 0.0584 e. The third-order valence-electron chi connectivity index (χ3n) is 2.11. The van der Waals surface area contributed by atoms with E-state index in [9.17, 15) is 0 Å². The number of hydrogen-bond donors (Lipinski definition) is 2. The summed E-state index contributed by atoms with van der Waals surface area (Å²) >= 11 is 0. The van der Waals surface area contributed by atoms with Gasteiger partial charge in [-0.1, -0.05) is 13.3 Å². The summed E-state index contributed by atoms with van der Waals surface area (Å²) in [5.41, 5.74) is 0. The van der Waals surface area contributed by atoms with E-state index in [0.29, 0.717) is 12.6 Å². The van der Waals surface area contributed by atoms with E-state index in [2.05, 4.69) is 12.2 Å². The molecule has 0 radical (unpaired) electrons. The lowest BCUT2D eigenvalue weighted by molar-refractivity contribution is 0.252. The Hall–Kier alpha value is -0.0800. The molecule has 0 amide bonds. The molecule has 0 aromatic carbocycles. The summed E-state index contributed by atoms with van der Waals surface area (Å²) in [5.74, 6) is 0.808. The average Bonchev–Trinajstić information content (AvgIpc) is 2.34. The molecule has 1 aliphatic rings. The maximum absolute atomic E-state index is 8.72. The molecule has 0 aromatic heterocycles. The van der Waals surface area contributed by atoms with Crippen molar-refractivity contribution in [1.29, 1.82) is 0 Å². The molecule has 54 valence electrons. The average molecular weight is 129 g/mol. The fourth-order valence-corrected chi connectivity index (χ4v) is 1.35. The van der Waals surface area contributed by atoms with Crippen LogP contribution in [0.3, 0.4) is 0 Å². The van der Waals surface area contributed by atoms with E-state index < -0.39 is 0 Å². The predicted octanol–water partition coefficient (Wildman–Crippen LogP) is 0.367. The Balaban J connectivity index is 2.20. The number of aliphatic hydroxyl groups is 1. The van der Waals surface area contributed by atoms with Crippen molar-refractivity contribution in [2.45, 2.75) is 25.8 Å². The van der Waals surface area contributed by atoms with Gasteiger partial charge in [0.1, 0.15) is 0 Å². The van der Waals surface area contributed by atoms with Gasteiger partial charge in [0.2, 0.25) is 0 Å². The molecule has 2 heteroatoms. The summed E-state index contributed by atoms with van der Waals surface area (Å²) in [6.07, 6.45) is 2.40. The van der Waals surface area contributed by atoms with E-state index >= 15 is 0 Å². The second-order valence-corrected chi connectivity index (χ2v) is 2.80. The standard InChI is InChI=1S/C7H15NO/c1-2-6-3-7(5-9)8-4-6/h6-9H,2-5H2,1H3/t6-,7-/m0/s1. The molecule has 1 rings (SSSR count). The van der Waals surface area contributed by atoms with E-state index in [0.717, 1.165) is 18.9 Å². The molecule has 9 heavy (non-hydrogen) atoms. The van der Waals surface area contributed by atoms with Crippen LogP contribution in [0.25, 0.3) is 0 Å². The quantitative estimate of drug-likeness (QED) is 0.564. The summed E-state index contributed by atoms with van der Waals surface area (Å²) in [7, 11) is 0. The first-order chi connectivity index (χ1) is 4.36. The Morgan fingerprint density at radius 1 is 1.67 bits per heavy atom. The Bertz CT molecular complexity index is 75.0. The van der Waals surface area contributed by atoms with Crippen LogP contribution in [0.1, 0.15) is 19.8 Å². The molecule has 1 fully saturated rings. The molecule has 0 aliphatic carbocycles. The largest absolute Gasteiger partial charge is 0.395 e. The molecule has 2 N–H and O–H groups in total. The van der Waals surface area contributed by atoms with Crippen LogP contribution in [0.5, 0.6) is 0 Å². The van der Waals surface area contributed by atoms with Gasteiger partial charge in [0, 0.05) is 6.04 Å². The van der Waals surface area contributed by atoms with E-state index in [-0.39, 0.29) is 0 Å². The molecular weight excluding hydrogens is 114 g/mol. The summed E-state index contributed by atoms with van der Waals surface area (Å²) in [4.78, 5) is 0. The first-order valence-electron chi connectivity index (χ1n) is 3.71. The highest BCUT2D eigenvalue weighted by Crippen LogP contribution is 2.15. The second kappa shape index (κ2) is 3.18. The van der Waals surface area contributed by atoms with E-state index in [1.165, 1.54) is 6.42 Å². The summed E-state index contributed by atoms with van der Waals surface area (Å²) in [6, 6.07) is 0.384. The summed E-state index contributed by atoms with van der Waals surface area (Å²) < 4.78 is 0. The minimum Gasteiger partial charge on any atom is -0.395 e. The van der Waals surface area contributed by atoms with Gasteiger partial charge in [-0.25, -0.2) is 0 Å². The molecule has 0 aromatic rings. The van der Waals surface area contributed by atoms with E-state index in [1.807, 2.05) is 0 Å². The molecule has 0 unspecified atom stereocenters. The topological polar surface area (TPSA) is 32.3 Å². The molecule has 0 saturated carbocycles. The lowest BCUT2D eigenvalue weighted by atomic mass is 10.0. The third kappa shape index (κ3) is 1.66. The highest BCUT2D eigenvalue weighted by atomic mass is 16.3. The monoisotopic (exact) mass is 129 g/mol. The van der Waals surface area contributed by atoms with Crippen molar-refractivity contribution >= 4 is 0 Å². The normalized spacial score (nSPS) is 35.3. The van der Waals surface area contributed by atoms with Crippen molar-refractivity contribution in [2.24, 2.45) is 5.92 Å². The van der Waals surface area contributed by atoms with Crippen LogP contribution in [-0.4, -0.2) is 24.3 Å². The molecule has 0 spiro atoms. The van der Waals surface area contributed by atoms with E-state index in [1.54, 1.807) is 0 Å². The maximum atomic E-state index is 8.72. The second-order valence-electron chi connectivity index (χ2n) is 2.80. The minimum atomic E-state index is 0.302. The Morgan fingerprint density at radius 2 is 2.44 bits per heavy atom. The lowest BCUT2D eigenvalue weighted by Crippen LogP contribution is -2.24. The van der Waals surface area contributed by atoms with Gasteiger partial charge in [0.25, 0.3) is 0 Å². The van der Waals surface area contributed by atoms with Gasteiger partial charge in [0.15, 0.2) is 0 Å². The summed E-state index contributed by atoms with van der Waals surface area (Å²) in [6.45, 7) is 3.60. The molecule has 2 atom stereocenters. The number of rotatable bonds is 2. The van der Waals surface area contributed by atoms with Crippen LogP contribution in [0.2, 0.25) is 0 Å². The number of nitrogens with one attached hydrogen (secondary N) is 1. The van der Waals surface area contributed by atoms with Crippen LogP contribution in [-0.2, 0) is 0 Å². The first-order valence-corrected chi connectivity index (χ1v) is 3.71. The molecule has 1 heterocycles. The van der Waals surface area contributed by atoms with Crippen molar-refractivity contribution in [3.8, 4) is 0 Å². The van der Waals surface area contributed by atoms with Gasteiger partial charge in [-0.2, -0.15) is 0 Å². The van der Waals surface area contributed by atoms with Gasteiger partial charge < -0.3 is 10.4 Å². The molecule has 1 aliphatic heterocycles. The highest BCUT2D eigenvalue weighted by molar-refractivity contribution is 4.79. The molecule has 0 bridgehead atoms. The number of hydrogen-bond acceptors (Lipinski definition) is 2. The van der Waals surface area contributed by atoms with Crippen LogP contribution >= 0.6 is 0 Å². The summed E-state index contributed by atoms with van der Waals surface area (Å²) in [5, 5.41) is 12.0. The zero-order chi connectivity index (χ0) is 6.69. The minimum absolute atomic E-state index is 0.302. The lowest BCUT2D eigenvalue weighted by Gasteiger charge is -2.03. The number of aliphatic hydroxyl groups excluding tert-OH is 1. The third-order valence-corrected chi connectivity index (χ3v) is 2.11.